The fraction of sp³-hybridized carbons (Fsp3) is 0. The molecule has 0 spiro atoms. The van der Waals surface area contributed by atoms with E-state index in [2.05, 4.69) is 130 Å². The first kappa shape index (κ1) is 34.1. The average molecular weight is 791 g/mol. The first-order chi connectivity index (χ1) is 30.7. The van der Waals surface area contributed by atoms with Crippen molar-refractivity contribution in [3.63, 3.8) is 0 Å². The van der Waals surface area contributed by atoms with Crippen molar-refractivity contribution < 1.29 is 8.83 Å². The maximum absolute atomic E-state index is 11.2. The number of para-hydroxylation sites is 2. The predicted octanol–water partition coefficient (Wildman–Crippen LogP) is 14.8. The summed E-state index contributed by atoms with van der Waals surface area (Å²) in [6.07, 6.45) is 0. The van der Waals surface area contributed by atoms with Crippen LogP contribution in [0.15, 0.2) is 191 Å². The van der Waals surface area contributed by atoms with Crippen molar-refractivity contribution in [2.45, 2.75) is 0 Å². The number of hydrogen-bond acceptors (Lipinski definition) is 4. The molecule has 6 nitrogen and oxygen atoms in total. The first-order valence-electron chi connectivity index (χ1n) is 20.5. The molecule has 4 aromatic heterocycles. The fourth-order valence-electron chi connectivity index (χ4n) is 9.89. The molecule has 0 aliphatic heterocycles. The van der Waals surface area contributed by atoms with Crippen LogP contribution in [0.25, 0.3) is 121 Å². The predicted molar refractivity (Wildman–Crippen MR) is 250 cm³/mol. The third kappa shape index (κ3) is 4.66. The minimum Gasteiger partial charge on any atom is -0.455 e. The van der Waals surface area contributed by atoms with Gasteiger partial charge in [-0.1, -0.05) is 109 Å². The highest BCUT2D eigenvalue weighted by Gasteiger charge is 2.27. The average Bonchev–Trinajstić information content (AvgIpc) is 4.08. The molecule has 0 N–H and O–H groups in total. The second-order valence-corrected chi connectivity index (χ2v) is 15.8. The van der Waals surface area contributed by atoms with Crippen molar-refractivity contribution in [1.82, 2.24) is 9.13 Å². The van der Waals surface area contributed by atoms with Crippen LogP contribution in [0, 0.1) is 22.7 Å². The molecule has 6 heteroatoms. The molecule has 0 aliphatic rings. The van der Waals surface area contributed by atoms with Crippen molar-refractivity contribution in [2.24, 2.45) is 0 Å². The van der Waals surface area contributed by atoms with Gasteiger partial charge in [-0.25, -0.2) is 0 Å². The van der Waals surface area contributed by atoms with Gasteiger partial charge >= 0.3 is 0 Å². The summed E-state index contributed by atoms with van der Waals surface area (Å²) in [6, 6.07) is 67.2. The highest BCUT2D eigenvalue weighted by atomic mass is 16.3. The first-order valence-corrected chi connectivity index (χ1v) is 20.5. The Morgan fingerprint density at radius 3 is 1.39 bits per heavy atom. The van der Waals surface area contributed by atoms with Crippen molar-refractivity contribution in [1.29, 1.82) is 10.5 Å². The molecule has 62 heavy (non-hydrogen) atoms. The lowest BCUT2D eigenvalue weighted by Crippen LogP contribution is -2.07. The third-order valence-electron chi connectivity index (χ3n) is 12.6. The minimum atomic E-state index is 0.279. The largest absolute Gasteiger partial charge is 0.455 e. The second kappa shape index (κ2) is 12.8. The molecular formula is C56H30N4O2. The van der Waals surface area contributed by atoms with E-state index < -0.39 is 0 Å². The van der Waals surface area contributed by atoms with E-state index in [4.69, 9.17) is 8.83 Å². The van der Waals surface area contributed by atoms with E-state index in [0.29, 0.717) is 11.3 Å². The van der Waals surface area contributed by atoms with E-state index in [-0.39, 0.29) is 5.56 Å². The van der Waals surface area contributed by atoms with Crippen molar-refractivity contribution >= 4 is 87.5 Å². The summed E-state index contributed by atoms with van der Waals surface area (Å²) in [4.78, 5) is 0. The van der Waals surface area contributed by atoms with Crippen LogP contribution in [0.5, 0.6) is 0 Å². The molecule has 13 aromatic rings. The van der Waals surface area contributed by atoms with Crippen LogP contribution in [0.4, 0.5) is 0 Å². The van der Waals surface area contributed by atoms with Crippen LogP contribution in [0.1, 0.15) is 11.1 Å². The Labute approximate surface area is 353 Å². The smallest absolute Gasteiger partial charge is 0.145 e. The second-order valence-electron chi connectivity index (χ2n) is 15.8. The Balaban J connectivity index is 1.20. The van der Waals surface area contributed by atoms with Gasteiger partial charge in [-0.3, -0.25) is 0 Å². The Hall–Kier alpha value is -8.84. The summed E-state index contributed by atoms with van der Waals surface area (Å²) in [5.41, 5.74) is 13.0. The van der Waals surface area contributed by atoms with Gasteiger partial charge in [0, 0.05) is 32.3 Å². The van der Waals surface area contributed by atoms with Gasteiger partial charge in [0.25, 0.3) is 0 Å². The summed E-state index contributed by atoms with van der Waals surface area (Å²) in [6.45, 7) is 0. The fourth-order valence-corrected chi connectivity index (χ4v) is 9.89. The number of fused-ring (bicyclic) bond motifs is 14. The van der Waals surface area contributed by atoms with E-state index in [1.807, 2.05) is 66.7 Å². The van der Waals surface area contributed by atoms with Gasteiger partial charge in [0.2, 0.25) is 0 Å². The van der Waals surface area contributed by atoms with Crippen molar-refractivity contribution in [2.75, 3.05) is 0 Å². The molecule has 0 unspecified atom stereocenters. The maximum Gasteiger partial charge on any atom is 0.145 e. The lowest BCUT2D eigenvalue weighted by molar-refractivity contribution is 0.672. The van der Waals surface area contributed by atoms with E-state index in [1.165, 1.54) is 0 Å². The summed E-state index contributed by atoms with van der Waals surface area (Å²) in [7, 11) is 0. The van der Waals surface area contributed by atoms with E-state index in [1.54, 1.807) is 6.07 Å². The Kier molecular flexibility index (Phi) is 7.05. The Morgan fingerprint density at radius 1 is 0.371 bits per heavy atom. The van der Waals surface area contributed by atoms with E-state index >= 15 is 0 Å². The minimum absolute atomic E-state index is 0.279. The molecule has 286 valence electrons. The molecule has 9 aromatic carbocycles. The summed E-state index contributed by atoms with van der Waals surface area (Å²) in [5, 5.41) is 29.8. The van der Waals surface area contributed by atoms with Gasteiger partial charge < -0.3 is 18.0 Å². The number of hydrogen-bond donors (Lipinski definition) is 0. The third-order valence-corrected chi connectivity index (χ3v) is 12.6. The van der Waals surface area contributed by atoms with Gasteiger partial charge in [-0.05, 0) is 95.1 Å². The standard InChI is InChI=1S/C56H30N4O2/c57-31-37-21-26-49(59-45-24-19-35(33-11-3-1-4-12-33)29-42(45)52-47(59)27-22-40-38-15-7-9-17-50(38)61-55(40)52)54(44(37)32-58)60-46-25-20-36(34-13-5-2-6-14-34)30-43(46)53-48(60)28-23-41-39-16-8-10-18-51(39)62-56(41)53/h1-30H. The molecule has 0 amide bonds. The number of rotatable bonds is 4. The SMILES string of the molecule is N#Cc1ccc(-n2c3ccc(-c4ccccc4)cc3c3c4oc5ccccc5c4ccc32)c(-n2c3ccc(-c4ccccc4)cc3c3c4oc5ccccc5c4ccc32)c1C#N. The number of furan rings is 2. The van der Waals surface area contributed by atoms with E-state index in [0.717, 1.165) is 115 Å². The Bertz CT molecular complexity index is 4110. The molecule has 0 saturated carbocycles. The molecule has 13 rings (SSSR count). The lowest BCUT2D eigenvalue weighted by Gasteiger charge is -2.19. The zero-order valence-electron chi connectivity index (χ0n) is 32.9. The van der Waals surface area contributed by atoms with Gasteiger partial charge in [-0.2, -0.15) is 10.5 Å². The van der Waals surface area contributed by atoms with Gasteiger partial charge in [0.1, 0.15) is 34.5 Å². The zero-order valence-corrected chi connectivity index (χ0v) is 32.9. The molecule has 4 heterocycles. The molecule has 0 fully saturated rings. The Morgan fingerprint density at radius 2 is 0.855 bits per heavy atom. The summed E-state index contributed by atoms with van der Waals surface area (Å²) in [5.74, 6) is 0. The van der Waals surface area contributed by atoms with Crippen molar-refractivity contribution in [3.8, 4) is 45.8 Å². The number of aromatic nitrogens is 2. The van der Waals surface area contributed by atoms with Crippen molar-refractivity contribution in [3.05, 3.63) is 193 Å². The summed E-state index contributed by atoms with van der Waals surface area (Å²) < 4.78 is 17.9. The highest BCUT2D eigenvalue weighted by molar-refractivity contribution is 6.26. The van der Waals surface area contributed by atoms with Crippen LogP contribution in [-0.4, -0.2) is 9.13 Å². The highest BCUT2D eigenvalue weighted by Crippen LogP contribution is 2.46. The maximum atomic E-state index is 11.2. The molecule has 0 radical (unpaired) electrons. The monoisotopic (exact) mass is 790 g/mol. The molecule has 0 aliphatic carbocycles. The van der Waals surface area contributed by atoms with E-state index in [9.17, 15) is 10.5 Å². The molecule has 0 atom stereocenters. The van der Waals surface area contributed by atoms with Crippen LogP contribution >= 0.6 is 0 Å². The molecule has 0 bridgehead atoms. The van der Waals surface area contributed by atoms with Crippen LogP contribution < -0.4 is 0 Å². The van der Waals surface area contributed by atoms with Crippen LogP contribution in [0.3, 0.4) is 0 Å². The molecular weight excluding hydrogens is 761 g/mol. The normalized spacial score (nSPS) is 11.8. The summed E-state index contributed by atoms with van der Waals surface area (Å²) >= 11 is 0. The molecule has 0 saturated heterocycles. The number of benzene rings is 9. The van der Waals surface area contributed by atoms with Crippen LogP contribution in [0.2, 0.25) is 0 Å². The van der Waals surface area contributed by atoms with Crippen LogP contribution in [-0.2, 0) is 0 Å². The zero-order chi connectivity index (χ0) is 41.1. The quantitative estimate of drug-likeness (QED) is 0.178. The topological polar surface area (TPSA) is 83.7 Å². The van der Waals surface area contributed by atoms with Gasteiger partial charge in [-0.15, -0.1) is 0 Å². The number of nitriles is 2. The van der Waals surface area contributed by atoms with Gasteiger partial charge in [0.05, 0.1) is 55.3 Å². The lowest BCUT2D eigenvalue weighted by atomic mass is 10.0. The number of nitrogens with zero attached hydrogens (tertiary/aromatic N) is 4. The van der Waals surface area contributed by atoms with Gasteiger partial charge in [0.15, 0.2) is 0 Å².